The predicted molar refractivity (Wildman–Crippen MR) is 82.0 cm³/mol. The first-order valence-electron chi connectivity index (χ1n) is 7.19. The molecule has 0 bridgehead atoms. The van der Waals surface area contributed by atoms with Crippen LogP contribution in [0.25, 0.3) is 0 Å². The maximum Gasteiger partial charge on any atom is 0.0363 e. The van der Waals surface area contributed by atoms with Crippen LogP contribution >= 0.6 is 0 Å². The molecule has 0 aromatic heterocycles. The molecule has 0 spiro atoms. The number of nitrogens with two attached hydrogens (primary N) is 1. The molecule has 0 saturated heterocycles. The van der Waals surface area contributed by atoms with Crippen LogP contribution in [0.2, 0.25) is 0 Å². The van der Waals surface area contributed by atoms with E-state index in [0.717, 1.165) is 23.8 Å². The van der Waals surface area contributed by atoms with Gasteiger partial charge in [0.1, 0.15) is 0 Å². The third-order valence-corrected chi connectivity index (χ3v) is 3.14. The lowest BCUT2D eigenvalue weighted by Crippen LogP contribution is -2.02. The molecule has 2 nitrogen and oxygen atoms in total. The van der Waals surface area contributed by atoms with E-state index in [9.17, 15) is 0 Å². The largest absolute Gasteiger partial charge is 0.399 e. The molecule has 0 fully saturated rings. The summed E-state index contributed by atoms with van der Waals surface area (Å²) in [5.74, 6) is 0.846. The summed E-state index contributed by atoms with van der Waals surface area (Å²) in [6.07, 6.45) is 6.65. The number of hydrogen-bond donors (Lipinski definition) is 2. The number of hydrogen-bond acceptors (Lipinski definition) is 2. The maximum absolute atomic E-state index is 5.82. The van der Waals surface area contributed by atoms with E-state index in [2.05, 4.69) is 32.2 Å². The van der Waals surface area contributed by atoms with Crippen molar-refractivity contribution < 1.29 is 0 Å². The SMILES string of the molecule is Cc1cc(N)cc(NCCCCCCC(C)C)c1. The number of nitrogens with one attached hydrogen (secondary N) is 1. The molecule has 3 N–H and O–H groups in total. The fourth-order valence-corrected chi connectivity index (χ4v) is 2.18. The van der Waals surface area contributed by atoms with Gasteiger partial charge >= 0.3 is 0 Å². The molecule has 102 valence electrons. The molecule has 0 atom stereocenters. The van der Waals surface area contributed by atoms with E-state index in [-0.39, 0.29) is 0 Å². The highest BCUT2D eigenvalue weighted by Crippen LogP contribution is 2.16. The summed E-state index contributed by atoms with van der Waals surface area (Å²) < 4.78 is 0. The van der Waals surface area contributed by atoms with E-state index in [1.54, 1.807) is 0 Å². The Kier molecular flexibility index (Phi) is 6.63. The molecule has 0 aliphatic carbocycles. The Hall–Kier alpha value is -1.18. The summed E-state index contributed by atoms with van der Waals surface area (Å²) in [6.45, 7) is 7.71. The van der Waals surface area contributed by atoms with Crippen LogP contribution in [-0.4, -0.2) is 6.54 Å². The summed E-state index contributed by atoms with van der Waals surface area (Å²) >= 11 is 0. The van der Waals surface area contributed by atoms with Gasteiger partial charge in [-0.2, -0.15) is 0 Å². The second kappa shape index (κ2) is 8.02. The lowest BCUT2D eigenvalue weighted by molar-refractivity contribution is 0.523. The van der Waals surface area contributed by atoms with Gasteiger partial charge in [-0.1, -0.05) is 39.5 Å². The minimum Gasteiger partial charge on any atom is -0.399 e. The Morgan fingerprint density at radius 1 is 1.06 bits per heavy atom. The molecule has 0 radical (unpaired) electrons. The van der Waals surface area contributed by atoms with E-state index in [0.29, 0.717) is 0 Å². The third-order valence-electron chi connectivity index (χ3n) is 3.14. The zero-order valence-corrected chi connectivity index (χ0v) is 12.1. The minimum atomic E-state index is 0.842. The first-order valence-corrected chi connectivity index (χ1v) is 7.19. The molecule has 0 heterocycles. The van der Waals surface area contributed by atoms with Crippen molar-refractivity contribution in [1.82, 2.24) is 0 Å². The van der Waals surface area contributed by atoms with Gasteiger partial charge in [0, 0.05) is 17.9 Å². The van der Waals surface area contributed by atoms with Gasteiger partial charge in [0.05, 0.1) is 0 Å². The number of unbranched alkanes of at least 4 members (excludes halogenated alkanes) is 3. The maximum atomic E-state index is 5.82. The summed E-state index contributed by atoms with van der Waals surface area (Å²) in [7, 11) is 0. The number of aryl methyl sites for hydroxylation is 1. The Bertz CT molecular complexity index is 325. The summed E-state index contributed by atoms with van der Waals surface area (Å²) in [4.78, 5) is 0. The van der Waals surface area contributed by atoms with Crippen LogP contribution in [-0.2, 0) is 0 Å². The van der Waals surface area contributed by atoms with Crippen LogP contribution in [0.4, 0.5) is 11.4 Å². The number of anilines is 2. The van der Waals surface area contributed by atoms with Crippen molar-refractivity contribution >= 4 is 11.4 Å². The molecule has 0 aliphatic rings. The molecular weight excluding hydrogens is 220 g/mol. The Balaban J connectivity index is 2.10. The quantitative estimate of drug-likeness (QED) is 0.521. The first-order chi connectivity index (χ1) is 8.58. The summed E-state index contributed by atoms with van der Waals surface area (Å²) in [6, 6.07) is 6.15. The van der Waals surface area contributed by atoms with Gasteiger partial charge in [-0.15, -0.1) is 0 Å². The van der Waals surface area contributed by atoms with Crippen LogP contribution in [0.5, 0.6) is 0 Å². The van der Waals surface area contributed by atoms with Crippen molar-refractivity contribution in [3.8, 4) is 0 Å². The highest BCUT2D eigenvalue weighted by atomic mass is 14.9. The first kappa shape index (κ1) is 14.9. The van der Waals surface area contributed by atoms with Crippen molar-refractivity contribution in [2.24, 2.45) is 5.92 Å². The van der Waals surface area contributed by atoms with E-state index in [1.807, 2.05) is 12.1 Å². The van der Waals surface area contributed by atoms with Crippen LogP contribution in [0.3, 0.4) is 0 Å². The molecule has 0 unspecified atom stereocenters. The molecule has 0 saturated carbocycles. The number of benzene rings is 1. The van der Waals surface area contributed by atoms with E-state index >= 15 is 0 Å². The molecule has 0 aliphatic heterocycles. The van der Waals surface area contributed by atoms with Crippen molar-refractivity contribution in [2.75, 3.05) is 17.6 Å². The highest BCUT2D eigenvalue weighted by molar-refractivity contribution is 5.56. The summed E-state index contributed by atoms with van der Waals surface area (Å²) in [5, 5.41) is 3.45. The molecule has 0 amide bonds. The van der Waals surface area contributed by atoms with Crippen LogP contribution in [0, 0.1) is 12.8 Å². The Morgan fingerprint density at radius 2 is 1.78 bits per heavy atom. The average molecular weight is 248 g/mol. The van der Waals surface area contributed by atoms with Gasteiger partial charge in [-0.25, -0.2) is 0 Å². The topological polar surface area (TPSA) is 38.0 Å². The molecular formula is C16H28N2. The van der Waals surface area contributed by atoms with E-state index < -0.39 is 0 Å². The van der Waals surface area contributed by atoms with Gasteiger partial charge in [0.2, 0.25) is 0 Å². The fraction of sp³-hybridized carbons (Fsp3) is 0.625. The number of rotatable bonds is 8. The number of nitrogen functional groups attached to an aromatic ring is 1. The van der Waals surface area contributed by atoms with Crippen molar-refractivity contribution in [3.63, 3.8) is 0 Å². The zero-order valence-electron chi connectivity index (χ0n) is 12.1. The third kappa shape index (κ3) is 6.53. The van der Waals surface area contributed by atoms with Crippen molar-refractivity contribution in [3.05, 3.63) is 23.8 Å². The lowest BCUT2D eigenvalue weighted by Gasteiger charge is -2.09. The minimum absolute atomic E-state index is 0.842. The van der Waals surface area contributed by atoms with Crippen LogP contribution < -0.4 is 11.1 Å². The van der Waals surface area contributed by atoms with Crippen LogP contribution in [0.1, 0.15) is 51.5 Å². The fourth-order valence-electron chi connectivity index (χ4n) is 2.18. The Morgan fingerprint density at radius 3 is 2.44 bits per heavy atom. The molecule has 1 aromatic rings. The molecule has 2 heteroatoms. The second-order valence-corrected chi connectivity index (χ2v) is 5.66. The van der Waals surface area contributed by atoms with Gasteiger partial charge < -0.3 is 11.1 Å². The second-order valence-electron chi connectivity index (χ2n) is 5.66. The highest BCUT2D eigenvalue weighted by Gasteiger charge is 1.97. The summed E-state index contributed by atoms with van der Waals surface area (Å²) in [5.41, 5.74) is 9.02. The molecule has 18 heavy (non-hydrogen) atoms. The predicted octanol–water partition coefficient (Wildman–Crippen LogP) is 4.60. The normalized spacial score (nSPS) is 10.9. The van der Waals surface area contributed by atoms with Gasteiger partial charge in [-0.3, -0.25) is 0 Å². The Labute approximate surface area is 112 Å². The molecule has 1 rings (SSSR count). The van der Waals surface area contributed by atoms with Gasteiger partial charge in [0.15, 0.2) is 0 Å². The monoisotopic (exact) mass is 248 g/mol. The molecule has 1 aromatic carbocycles. The standard InChI is InChI=1S/C16H28N2/c1-13(2)8-6-4-5-7-9-18-16-11-14(3)10-15(17)12-16/h10-13,18H,4-9,17H2,1-3H3. The zero-order chi connectivity index (χ0) is 13.4. The van der Waals surface area contributed by atoms with Crippen molar-refractivity contribution in [2.45, 2.75) is 52.9 Å². The van der Waals surface area contributed by atoms with E-state index in [1.165, 1.54) is 37.7 Å². The smallest absolute Gasteiger partial charge is 0.0363 e. The lowest BCUT2D eigenvalue weighted by atomic mass is 10.0. The van der Waals surface area contributed by atoms with Gasteiger partial charge in [-0.05, 0) is 43.0 Å². The van der Waals surface area contributed by atoms with E-state index in [4.69, 9.17) is 5.73 Å². The van der Waals surface area contributed by atoms with Gasteiger partial charge in [0.25, 0.3) is 0 Å². The van der Waals surface area contributed by atoms with Crippen molar-refractivity contribution in [1.29, 1.82) is 0 Å². The average Bonchev–Trinajstić information content (AvgIpc) is 2.26. The van der Waals surface area contributed by atoms with Crippen LogP contribution in [0.15, 0.2) is 18.2 Å².